The zero-order chi connectivity index (χ0) is 28.5. The van der Waals surface area contributed by atoms with Crippen LogP contribution >= 0.6 is 0 Å². The van der Waals surface area contributed by atoms with Gasteiger partial charge in [-0.05, 0) is 56.7 Å². The number of piperidine rings is 1. The first-order valence-corrected chi connectivity index (χ1v) is 12.3. The first kappa shape index (κ1) is 21.2. The minimum absolute atomic E-state index is 0.0699. The van der Waals surface area contributed by atoms with E-state index < -0.39 is 18.5 Å². The monoisotopic (exact) mass is 503 g/mol. The summed E-state index contributed by atoms with van der Waals surface area (Å²) in [6.07, 6.45) is 7.63. The van der Waals surface area contributed by atoms with Gasteiger partial charge in [0, 0.05) is 53.1 Å². The van der Waals surface area contributed by atoms with Gasteiger partial charge in [-0.25, -0.2) is 4.98 Å². The van der Waals surface area contributed by atoms with Crippen molar-refractivity contribution in [1.82, 2.24) is 24.6 Å². The number of benzene rings is 1. The molecule has 2 aliphatic rings. The average Bonchev–Trinajstić information content (AvgIpc) is 3.53. The number of likely N-dealkylation sites (N-methyl/N-ethyl adjacent to an activating group) is 1. The van der Waals surface area contributed by atoms with Gasteiger partial charge in [-0.15, -0.1) is 0 Å². The normalized spacial score (nSPS) is 22.2. The van der Waals surface area contributed by atoms with Crippen LogP contribution in [-0.2, 0) is 11.4 Å². The number of nitrogens with zero attached hydrogens (tertiary/aromatic N) is 5. The van der Waals surface area contributed by atoms with Crippen molar-refractivity contribution in [1.29, 1.82) is 0 Å². The molecule has 0 saturated carbocycles. The van der Waals surface area contributed by atoms with E-state index in [-0.39, 0.29) is 25.4 Å². The van der Waals surface area contributed by atoms with Crippen LogP contribution < -0.4 is 10.5 Å². The number of hydrogen-bond donors (Lipinski definition) is 2. The number of carbonyl (C=O) groups is 1. The van der Waals surface area contributed by atoms with Crippen LogP contribution in [0.1, 0.15) is 40.5 Å². The molecule has 0 spiro atoms. The van der Waals surface area contributed by atoms with Crippen LogP contribution in [0.3, 0.4) is 0 Å². The van der Waals surface area contributed by atoms with E-state index in [1.165, 1.54) is 0 Å². The standard InChI is InChI=1S/C28H32N6O3/c1-32-11-7-24(8-12-32)34-18-23(17-31-34)22-15-25(26(29)30-16-22)37-19-21-5-3-4-20(14-21)6-9-28(36)10-13-33(2)27(28)35/h3-5,14-18,24,36H,7-8,10-13,19H2,1-2H3,(H2,29,30)/i2D3. The average molecular weight is 504 g/mol. The van der Waals surface area contributed by atoms with E-state index in [9.17, 15) is 9.90 Å². The fourth-order valence-corrected chi connectivity index (χ4v) is 4.57. The number of aliphatic hydroxyl groups is 1. The smallest absolute Gasteiger partial charge is 0.267 e. The Balaban J connectivity index is 1.26. The number of nitrogens with two attached hydrogens (primary N) is 1. The van der Waals surface area contributed by atoms with Crippen molar-refractivity contribution in [2.45, 2.75) is 37.5 Å². The summed E-state index contributed by atoms with van der Waals surface area (Å²) in [5.41, 5.74) is 7.20. The highest BCUT2D eigenvalue weighted by molar-refractivity contribution is 5.90. The molecular weight excluding hydrogens is 468 g/mol. The van der Waals surface area contributed by atoms with Crippen molar-refractivity contribution < 1.29 is 18.8 Å². The van der Waals surface area contributed by atoms with Crippen LogP contribution in [-0.4, -0.2) is 74.8 Å². The molecule has 0 aliphatic carbocycles. The summed E-state index contributed by atoms with van der Waals surface area (Å²) in [7, 11) is 2.13. The highest BCUT2D eigenvalue weighted by Gasteiger charge is 2.42. The van der Waals surface area contributed by atoms with Gasteiger partial charge in [0.1, 0.15) is 6.61 Å². The predicted molar refractivity (Wildman–Crippen MR) is 140 cm³/mol. The number of likely N-dealkylation sites (tertiary alicyclic amines) is 2. The SMILES string of the molecule is [2H]C([2H])([2H])N1CCC(O)(C#Cc2cccc(COc3cc(-c4cnn(C5CCN(C)CC5)c4)cnc3N)c2)C1=O. The predicted octanol–water partition coefficient (Wildman–Crippen LogP) is 2.32. The minimum Gasteiger partial charge on any atom is -0.485 e. The molecule has 1 atom stereocenters. The number of carbonyl (C=O) groups excluding carboxylic acids is 1. The highest BCUT2D eigenvalue weighted by Crippen LogP contribution is 2.29. The molecule has 4 heterocycles. The minimum atomic E-state index is -2.61. The number of rotatable bonds is 5. The Morgan fingerprint density at radius 3 is 2.86 bits per heavy atom. The molecule has 1 aromatic carbocycles. The van der Waals surface area contributed by atoms with E-state index in [0.29, 0.717) is 22.3 Å². The first-order chi connectivity index (χ1) is 19.0. The third-order valence-electron chi connectivity index (χ3n) is 6.91. The molecule has 2 aromatic heterocycles. The molecule has 0 radical (unpaired) electrons. The molecule has 2 fully saturated rings. The second kappa shape index (κ2) is 10.2. The van der Waals surface area contributed by atoms with Crippen molar-refractivity contribution in [3.05, 3.63) is 60.0 Å². The summed E-state index contributed by atoms with van der Waals surface area (Å²) in [4.78, 5) is 19.8. The third-order valence-corrected chi connectivity index (χ3v) is 6.91. The molecule has 2 aliphatic heterocycles. The van der Waals surface area contributed by atoms with E-state index in [2.05, 4.69) is 33.9 Å². The molecule has 3 N–H and O–H groups in total. The Hall–Kier alpha value is -3.87. The first-order valence-electron chi connectivity index (χ1n) is 13.8. The lowest BCUT2D eigenvalue weighted by Crippen LogP contribution is -2.37. The van der Waals surface area contributed by atoms with Crippen molar-refractivity contribution in [3.8, 4) is 28.7 Å². The number of ether oxygens (including phenoxy) is 1. The maximum absolute atomic E-state index is 12.4. The van der Waals surface area contributed by atoms with Gasteiger partial charge in [0.15, 0.2) is 11.6 Å². The third kappa shape index (κ3) is 5.45. The van der Waals surface area contributed by atoms with Gasteiger partial charge in [-0.3, -0.25) is 9.48 Å². The van der Waals surface area contributed by atoms with Gasteiger partial charge < -0.3 is 25.4 Å². The summed E-state index contributed by atoms with van der Waals surface area (Å²) in [6.45, 7) is -0.397. The Labute approximate surface area is 221 Å². The molecule has 9 heteroatoms. The van der Waals surface area contributed by atoms with Crippen LogP contribution in [0.4, 0.5) is 5.82 Å². The zero-order valence-corrected chi connectivity index (χ0v) is 20.7. The Morgan fingerprint density at radius 1 is 1.24 bits per heavy atom. The second-order valence-corrected chi connectivity index (χ2v) is 9.66. The number of amides is 1. The molecule has 37 heavy (non-hydrogen) atoms. The van der Waals surface area contributed by atoms with Gasteiger partial charge in [0.05, 0.1) is 12.2 Å². The molecule has 1 unspecified atom stereocenters. The van der Waals surface area contributed by atoms with Crippen molar-refractivity contribution in [2.24, 2.45) is 0 Å². The van der Waals surface area contributed by atoms with Crippen LogP contribution in [0, 0.1) is 11.8 Å². The summed E-state index contributed by atoms with van der Waals surface area (Å²) < 4.78 is 30.4. The maximum Gasteiger partial charge on any atom is 0.267 e. The molecule has 2 saturated heterocycles. The fraction of sp³-hybridized carbons (Fsp3) is 0.393. The van der Waals surface area contributed by atoms with Crippen LogP contribution in [0.25, 0.3) is 11.1 Å². The van der Waals surface area contributed by atoms with E-state index in [1.807, 2.05) is 29.2 Å². The lowest BCUT2D eigenvalue weighted by atomic mass is 10.0. The van der Waals surface area contributed by atoms with Crippen molar-refractivity contribution in [3.63, 3.8) is 0 Å². The summed E-state index contributed by atoms with van der Waals surface area (Å²) in [5.74, 6) is 5.18. The van der Waals surface area contributed by atoms with Gasteiger partial charge in [0.2, 0.25) is 5.60 Å². The molecule has 5 rings (SSSR count). The van der Waals surface area contributed by atoms with E-state index in [1.54, 1.807) is 24.4 Å². The Kier molecular flexibility index (Phi) is 5.88. The van der Waals surface area contributed by atoms with E-state index in [0.717, 1.165) is 42.6 Å². The van der Waals surface area contributed by atoms with Gasteiger partial charge in [0.25, 0.3) is 5.91 Å². The number of anilines is 1. The largest absolute Gasteiger partial charge is 0.485 e. The van der Waals surface area contributed by atoms with Crippen LogP contribution in [0.2, 0.25) is 0 Å². The Morgan fingerprint density at radius 2 is 2.08 bits per heavy atom. The molecule has 3 aromatic rings. The fourth-order valence-electron chi connectivity index (χ4n) is 4.57. The van der Waals surface area contributed by atoms with Crippen molar-refractivity contribution >= 4 is 11.7 Å². The zero-order valence-electron chi connectivity index (χ0n) is 23.7. The summed E-state index contributed by atoms with van der Waals surface area (Å²) in [6, 6.07) is 9.38. The maximum atomic E-state index is 12.4. The number of nitrogen functional groups attached to an aromatic ring is 1. The summed E-state index contributed by atoms with van der Waals surface area (Å²) in [5, 5.41) is 15.2. The number of aromatic nitrogens is 3. The van der Waals surface area contributed by atoms with Gasteiger partial charge >= 0.3 is 0 Å². The molecular formula is C28H32N6O3. The van der Waals surface area contributed by atoms with Gasteiger partial charge in [-0.1, -0.05) is 24.0 Å². The van der Waals surface area contributed by atoms with Gasteiger partial charge in [-0.2, -0.15) is 5.10 Å². The molecule has 1 amide bonds. The summed E-state index contributed by atoms with van der Waals surface area (Å²) >= 11 is 0. The van der Waals surface area contributed by atoms with E-state index >= 15 is 0 Å². The van der Waals surface area contributed by atoms with Crippen molar-refractivity contribution in [2.75, 3.05) is 39.4 Å². The second-order valence-electron chi connectivity index (χ2n) is 9.66. The quantitative estimate of drug-likeness (QED) is 0.514. The molecule has 9 nitrogen and oxygen atoms in total. The lowest BCUT2D eigenvalue weighted by Gasteiger charge is -2.28. The number of pyridine rings is 1. The van der Waals surface area contributed by atoms with E-state index in [4.69, 9.17) is 14.6 Å². The van der Waals surface area contributed by atoms with Crippen LogP contribution in [0.5, 0.6) is 5.75 Å². The topological polar surface area (TPSA) is 110 Å². The van der Waals surface area contributed by atoms with Crippen LogP contribution in [0.15, 0.2) is 48.9 Å². The molecule has 0 bridgehead atoms. The molecule has 192 valence electrons. The Bertz CT molecular complexity index is 1460. The lowest BCUT2D eigenvalue weighted by molar-refractivity contribution is -0.137. The number of hydrogen-bond acceptors (Lipinski definition) is 7. The highest BCUT2D eigenvalue weighted by atomic mass is 16.5.